The fourth-order valence-electron chi connectivity index (χ4n) is 0.879. The zero-order chi connectivity index (χ0) is 10.6. The van der Waals surface area contributed by atoms with Crippen LogP contribution in [0.15, 0.2) is 22.7 Å². The molecule has 14 heavy (non-hydrogen) atoms. The summed E-state index contributed by atoms with van der Waals surface area (Å²) in [5, 5.41) is 17.5. The molecule has 5 heteroatoms. The van der Waals surface area contributed by atoms with Crippen LogP contribution in [0.4, 0.5) is 4.39 Å². The molecule has 1 aromatic carbocycles. The van der Waals surface area contributed by atoms with Gasteiger partial charge in [0.05, 0.1) is 17.7 Å². The van der Waals surface area contributed by atoms with E-state index in [9.17, 15) is 4.39 Å². The lowest BCUT2D eigenvalue weighted by atomic mass is 10.3. The first kappa shape index (κ1) is 11.4. The smallest absolute Gasteiger partial charge is 0.145 e. The van der Waals surface area contributed by atoms with Crippen LogP contribution in [0, 0.1) is 5.82 Å². The number of halogens is 2. The average molecular weight is 265 g/mol. The molecule has 0 saturated heterocycles. The van der Waals surface area contributed by atoms with Crippen LogP contribution in [0.2, 0.25) is 0 Å². The molecule has 78 valence electrons. The van der Waals surface area contributed by atoms with Crippen molar-refractivity contribution in [1.29, 1.82) is 0 Å². The van der Waals surface area contributed by atoms with Crippen LogP contribution in [0.1, 0.15) is 0 Å². The molecule has 0 aliphatic carbocycles. The van der Waals surface area contributed by atoms with Crippen molar-refractivity contribution in [3.8, 4) is 5.75 Å². The van der Waals surface area contributed by atoms with Gasteiger partial charge in [-0.25, -0.2) is 4.39 Å². The molecule has 0 unspecified atom stereocenters. The number of aliphatic hydroxyl groups excluding tert-OH is 2. The molecule has 2 N–H and O–H groups in total. The quantitative estimate of drug-likeness (QED) is 0.863. The molecule has 0 saturated carbocycles. The van der Waals surface area contributed by atoms with Crippen molar-refractivity contribution in [1.82, 2.24) is 0 Å². The van der Waals surface area contributed by atoms with E-state index in [1.165, 1.54) is 18.2 Å². The standard InChI is InChI=1S/C9H10BrFO3/c10-8-2-1-6(11)3-9(8)14-7(4-12)5-13/h1-3,7,12-13H,4-5H2. The molecule has 0 aliphatic rings. The number of benzene rings is 1. The number of ether oxygens (including phenoxy) is 1. The fraction of sp³-hybridized carbons (Fsp3) is 0.333. The minimum Gasteiger partial charge on any atom is -0.484 e. The Balaban J connectivity index is 2.79. The first-order valence-corrected chi connectivity index (χ1v) is 4.80. The van der Waals surface area contributed by atoms with Gasteiger partial charge in [0, 0.05) is 6.07 Å². The molecule has 0 fully saturated rings. The van der Waals surface area contributed by atoms with Crippen molar-refractivity contribution in [3.05, 3.63) is 28.5 Å². The van der Waals surface area contributed by atoms with Gasteiger partial charge in [-0.2, -0.15) is 0 Å². The largest absolute Gasteiger partial charge is 0.484 e. The Kier molecular flexibility index (Phi) is 4.31. The highest BCUT2D eigenvalue weighted by atomic mass is 79.9. The van der Waals surface area contributed by atoms with E-state index < -0.39 is 11.9 Å². The Labute approximate surface area is 89.3 Å². The van der Waals surface area contributed by atoms with Crippen LogP contribution in [-0.2, 0) is 0 Å². The monoisotopic (exact) mass is 264 g/mol. The molecule has 0 spiro atoms. The predicted octanol–water partition coefficient (Wildman–Crippen LogP) is 1.32. The summed E-state index contributed by atoms with van der Waals surface area (Å²) in [4.78, 5) is 0. The number of hydrogen-bond donors (Lipinski definition) is 2. The van der Waals surface area contributed by atoms with Gasteiger partial charge in [-0.15, -0.1) is 0 Å². The Morgan fingerprint density at radius 1 is 1.36 bits per heavy atom. The van der Waals surface area contributed by atoms with Crippen LogP contribution < -0.4 is 4.74 Å². The van der Waals surface area contributed by atoms with Crippen LogP contribution in [-0.4, -0.2) is 29.5 Å². The lowest BCUT2D eigenvalue weighted by Gasteiger charge is -2.15. The number of hydrogen-bond acceptors (Lipinski definition) is 3. The van der Waals surface area contributed by atoms with E-state index in [0.717, 1.165) is 0 Å². The molecular weight excluding hydrogens is 255 g/mol. The van der Waals surface area contributed by atoms with Crippen LogP contribution >= 0.6 is 15.9 Å². The third kappa shape index (κ3) is 2.94. The summed E-state index contributed by atoms with van der Waals surface area (Å²) in [5.74, 6) is -0.170. The van der Waals surface area contributed by atoms with E-state index in [0.29, 0.717) is 4.47 Å². The third-order valence-corrected chi connectivity index (χ3v) is 2.25. The second-order valence-electron chi connectivity index (χ2n) is 2.68. The van der Waals surface area contributed by atoms with Crippen LogP contribution in [0.3, 0.4) is 0 Å². The maximum absolute atomic E-state index is 12.8. The van der Waals surface area contributed by atoms with Gasteiger partial charge in [0.1, 0.15) is 17.7 Å². The van der Waals surface area contributed by atoms with Crippen LogP contribution in [0.25, 0.3) is 0 Å². The van der Waals surface area contributed by atoms with E-state index in [1.807, 2.05) is 0 Å². The SMILES string of the molecule is OCC(CO)Oc1cc(F)ccc1Br. The lowest BCUT2D eigenvalue weighted by Crippen LogP contribution is -2.25. The van der Waals surface area contributed by atoms with Crippen molar-refractivity contribution in [2.45, 2.75) is 6.10 Å². The molecule has 1 aromatic rings. The molecule has 0 atom stereocenters. The van der Waals surface area contributed by atoms with Crippen molar-refractivity contribution in [2.24, 2.45) is 0 Å². The van der Waals surface area contributed by atoms with Crippen LogP contribution in [0.5, 0.6) is 5.75 Å². The van der Waals surface area contributed by atoms with E-state index in [2.05, 4.69) is 15.9 Å². The summed E-state index contributed by atoms with van der Waals surface area (Å²) in [6, 6.07) is 3.96. The van der Waals surface area contributed by atoms with E-state index in [4.69, 9.17) is 14.9 Å². The van der Waals surface area contributed by atoms with E-state index in [1.54, 1.807) is 0 Å². The predicted molar refractivity (Wildman–Crippen MR) is 52.7 cm³/mol. The molecule has 0 aromatic heterocycles. The van der Waals surface area contributed by atoms with Gasteiger partial charge in [0.15, 0.2) is 0 Å². The van der Waals surface area contributed by atoms with Crippen molar-refractivity contribution >= 4 is 15.9 Å². The summed E-state index contributed by atoms with van der Waals surface area (Å²) in [7, 11) is 0. The highest BCUT2D eigenvalue weighted by molar-refractivity contribution is 9.10. The summed E-state index contributed by atoms with van der Waals surface area (Å²) in [6.45, 7) is -0.640. The topological polar surface area (TPSA) is 49.7 Å². The second kappa shape index (κ2) is 5.29. The van der Waals surface area contributed by atoms with E-state index >= 15 is 0 Å². The fourth-order valence-corrected chi connectivity index (χ4v) is 1.22. The van der Waals surface area contributed by atoms with Crippen molar-refractivity contribution in [3.63, 3.8) is 0 Å². The van der Waals surface area contributed by atoms with Gasteiger partial charge in [0.2, 0.25) is 0 Å². The molecule has 1 rings (SSSR count). The summed E-state index contributed by atoms with van der Waals surface area (Å²) in [5.41, 5.74) is 0. The third-order valence-electron chi connectivity index (χ3n) is 1.59. The average Bonchev–Trinajstić information content (AvgIpc) is 2.19. The lowest BCUT2D eigenvalue weighted by molar-refractivity contribution is 0.0622. The zero-order valence-corrected chi connectivity index (χ0v) is 8.87. The molecule has 0 radical (unpaired) electrons. The van der Waals surface area contributed by atoms with Gasteiger partial charge in [-0.05, 0) is 28.1 Å². The second-order valence-corrected chi connectivity index (χ2v) is 3.53. The minimum atomic E-state index is -0.729. The Bertz CT molecular complexity index is 302. The minimum absolute atomic E-state index is 0.262. The molecule has 0 aliphatic heterocycles. The Hall–Kier alpha value is -0.650. The van der Waals surface area contributed by atoms with Crippen molar-refractivity contribution in [2.75, 3.05) is 13.2 Å². The maximum atomic E-state index is 12.8. The molecule has 0 heterocycles. The zero-order valence-electron chi connectivity index (χ0n) is 7.28. The first-order chi connectivity index (χ1) is 6.67. The Morgan fingerprint density at radius 2 is 2.00 bits per heavy atom. The number of rotatable bonds is 4. The van der Waals surface area contributed by atoms with Gasteiger partial charge in [-0.1, -0.05) is 0 Å². The number of aliphatic hydroxyl groups is 2. The Morgan fingerprint density at radius 3 is 2.57 bits per heavy atom. The molecular formula is C9H10BrFO3. The summed E-state index contributed by atoms with van der Waals surface area (Å²) < 4.78 is 18.5. The van der Waals surface area contributed by atoms with Gasteiger partial charge < -0.3 is 14.9 Å². The maximum Gasteiger partial charge on any atom is 0.145 e. The molecule has 3 nitrogen and oxygen atoms in total. The highest BCUT2D eigenvalue weighted by Gasteiger charge is 2.10. The summed E-state index contributed by atoms with van der Waals surface area (Å²) >= 11 is 3.16. The van der Waals surface area contributed by atoms with E-state index in [-0.39, 0.29) is 19.0 Å². The summed E-state index contributed by atoms with van der Waals surface area (Å²) in [6.07, 6.45) is -0.729. The van der Waals surface area contributed by atoms with Gasteiger partial charge >= 0.3 is 0 Å². The molecule has 0 amide bonds. The normalized spacial score (nSPS) is 10.6. The molecule has 0 bridgehead atoms. The van der Waals surface area contributed by atoms with Gasteiger partial charge in [-0.3, -0.25) is 0 Å². The van der Waals surface area contributed by atoms with Gasteiger partial charge in [0.25, 0.3) is 0 Å². The highest BCUT2D eigenvalue weighted by Crippen LogP contribution is 2.26. The first-order valence-electron chi connectivity index (χ1n) is 4.00. The van der Waals surface area contributed by atoms with Crippen molar-refractivity contribution < 1.29 is 19.3 Å².